The predicted octanol–water partition coefficient (Wildman–Crippen LogP) is 3.40. The minimum Gasteiger partial charge on any atom is -0.380 e. The maximum absolute atomic E-state index is 5.47. The van der Waals surface area contributed by atoms with Gasteiger partial charge in [0.05, 0.1) is 6.61 Å². The number of nitrogens with one attached hydrogen (secondary N) is 1. The standard InChI is InChI=1S/C14H16N2OS/c1-2-13(10-17-8-1)16-12-5-3-11(4-6-12)14-15-7-9-18-14/h3-7,9,13,16H,1-2,8,10H2. The Morgan fingerprint density at radius 3 is 2.83 bits per heavy atom. The molecule has 0 bridgehead atoms. The van der Waals surface area contributed by atoms with Gasteiger partial charge in [-0.25, -0.2) is 4.98 Å². The molecule has 94 valence electrons. The van der Waals surface area contributed by atoms with Gasteiger partial charge in [-0.1, -0.05) is 0 Å². The second-order valence-corrected chi connectivity index (χ2v) is 5.37. The molecule has 0 aliphatic carbocycles. The number of benzene rings is 1. The maximum atomic E-state index is 5.47. The zero-order valence-electron chi connectivity index (χ0n) is 10.1. The summed E-state index contributed by atoms with van der Waals surface area (Å²) < 4.78 is 5.47. The summed E-state index contributed by atoms with van der Waals surface area (Å²) in [6.45, 7) is 1.72. The van der Waals surface area contributed by atoms with Crippen molar-refractivity contribution < 1.29 is 4.74 Å². The van der Waals surface area contributed by atoms with Crippen molar-refractivity contribution in [2.75, 3.05) is 18.5 Å². The third-order valence-corrected chi connectivity index (χ3v) is 3.92. The minimum atomic E-state index is 0.449. The molecule has 1 aromatic carbocycles. The highest BCUT2D eigenvalue weighted by Crippen LogP contribution is 2.24. The van der Waals surface area contributed by atoms with Gasteiger partial charge in [-0.05, 0) is 37.1 Å². The summed E-state index contributed by atoms with van der Waals surface area (Å²) in [5.74, 6) is 0. The van der Waals surface area contributed by atoms with Crippen molar-refractivity contribution in [1.29, 1.82) is 0 Å². The number of ether oxygens (including phenoxy) is 1. The fourth-order valence-corrected chi connectivity index (χ4v) is 2.81. The second kappa shape index (κ2) is 5.50. The van der Waals surface area contributed by atoms with E-state index >= 15 is 0 Å². The molecule has 4 heteroatoms. The number of aromatic nitrogens is 1. The molecular formula is C14H16N2OS. The molecule has 0 radical (unpaired) electrons. The van der Waals surface area contributed by atoms with E-state index in [1.54, 1.807) is 11.3 Å². The van der Waals surface area contributed by atoms with Crippen LogP contribution >= 0.6 is 11.3 Å². The van der Waals surface area contributed by atoms with Crippen LogP contribution in [0.2, 0.25) is 0 Å². The number of thiazole rings is 1. The van der Waals surface area contributed by atoms with Gasteiger partial charge in [-0.15, -0.1) is 11.3 Å². The number of hydrogen-bond donors (Lipinski definition) is 1. The SMILES string of the molecule is c1csc(-c2ccc(NC3CCCOC3)cc2)n1. The molecule has 1 aromatic heterocycles. The Hall–Kier alpha value is -1.39. The van der Waals surface area contributed by atoms with Gasteiger partial charge in [0.15, 0.2) is 0 Å². The summed E-state index contributed by atoms with van der Waals surface area (Å²) >= 11 is 1.67. The molecule has 0 saturated carbocycles. The van der Waals surface area contributed by atoms with Gasteiger partial charge >= 0.3 is 0 Å². The van der Waals surface area contributed by atoms with E-state index in [4.69, 9.17) is 4.74 Å². The molecule has 3 rings (SSSR count). The first-order chi connectivity index (χ1) is 8.92. The molecule has 1 aliphatic heterocycles. The van der Waals surface area contributed by atoms with Crippen molar-refractivity contribution in [2.45, 2.75) is 18.9 Å². The Bertz CT molecular complexity index is 475. The lowest BCUT2D eigenvalue weighted by molar-refractivity contribution is 0.0876. The highest BCUT2D eigenvalue weighted by molar-refractivity contribution is 7.13. The summed E-state index contributed by atoms with van der Waals surface area (Å²) in [6.07, 6.45) is 4.18. The highest BCUT2D eigenvalue weighted by atomic mass is 32.1. The van der Waals surface area contributed by atoms with Gasteiger partial charge in [0.2, 0.25) is 0 Å². The molecule has 1 aliphatic rings. The molecule has 1 fully saturated rings. The van der Waals surface area contributed by atoms with E-state index in [1.807, 2.05) is 11.6 Å². The lowest BCUT2D eigenvalue weighted by Crippen LogP contribution is -2.29. The van der Waals surface area contributed by atoms with E-state index in [1.165, 1.54) is 12.0 Å². The van der Waals surface area contributed by atoms with Crippen LogP contribution in [0.25, 0.3) is 10.6 Å². The smallest absolute Gasteiger partial charge is 0.123 e. The molecule has 0 spiro atoms. The predicted molar refractivity (Wildman–Crippen MR) is 75.0 cm³/mol. The van der Waals surface area contributed by atoms with Crippen molar-refractivity contribution in [3.63, 3.8) is 0 Å². The second-order valence-electron chi connectivity index (χ2n) is 4.47. The molecule has 1 saturated heterocycles. The Labute approximate surface area is 111 Å². The van der Waals surface area contributed by atoms with E-state index in [-0.39, 0.29) is 0 Å². The molecule has 1 atom stereocenters. The van der Waals surface area contributed by atoms with E-state index < -0.39 is 0 Å². The van der Waals surface area contributed by atoms with Crippen molar-refractivity contribution >= 4 is 17.0 Å². The van der Waals surface area contributed by atoms with E-state index in [0.717, 1.165) is 30.3 Å². The van der Waals surface area contributed by atoms with E-state index in [0.29, 0.717) is 6.04 Å². The Balaban J connectivity index is 1.67. The van der Waals surface area contributed by atoms with Crippen LogP contribution in [0.3, 0.4) is 0 Å². The normalized spacial score (nSPS) is 19.7. The number of rotatable bonds is 3. The molecule has 2 heterocycles. The van der Waals surface area contributed by atoms with Crippen LogP contribution in [-0.4, -0.2) is 24.2 Å². The molecule has 1 N–H and O–H groups in total. The summed E-state index contributed by atoms with van der Waals surface area (Å²) in [5.41, 5.74) is 2.33. The van der Waals surface area contributed by atoms with Gasteiger partial charge in [0.1, 0.15) is 5.01 Å². The summed E-state index contributed by atoms with van der Waals surface area (Å²) in [6, 6.07) is 8.91. The van der Waals surface area contributed by atoms with Gasteiger partial charge in [-0.2, -0.15) is 0 Å². The summed E-state index contributed by atoms with van der Waals surface area (Å²) in [5, 5.41) is 6.58. The molecule has 2 aromatic rings. The highest BCUT2D eigenvalue weighted by Gasteiger charge is 2.13. The van der Waals surface area contributed by atoms with Crippen LogP contribution in [0.15, 0.2) is 35.8 Å². The average Bonchev–Trinajstić information content (AvgIpc) is 2.95. The first kappa shape index (κ1) is 11.7. The van der Waals surface area contributed by atoms with Crippen molar-refractivity contribution in [3.05, 3.63) is 35.8 Å². The van der Waals surface area contributed by atoms with Gasteiger partial charge in [0, 0.05) is 35.5 Å². The van der Waals surface area contributed by atoms with Gasteiger partial charge in [-0.3, -0.25) is 0 Å². The zero-order valence-corrected chi connectivity index (χ0v) is 11.0. The van der Waals surface area contributed by atoms with Crippen LogP contribution in [0.1, 0.15) is 12.8 Å². The third-order valence-electron chi connectivity index (χ3n) is 3.10. The molecule has 1 unspecified atom stereocenters. The van der Waals surface area contributed by atoms with Crippen LogP contribution < -0.4 is 5.32 Å². The summed E-state index contributed by atoms with van der Waals surface area (Å²) in [7, 11) is 0. The van der Waals surface area contributed by atoms with Crippen molar-refractivity contribution in [1.82, 2.24) is 4.98 Å². The monoisotopic (exact) mass is 260 g/mol. The van der Waals surface area contributed by atoms with Crippen LogP contribution in [-0.2, 0) is 4.74 Å². The number of nitrogens with zero attached hydrogens (tertiary/aromatic N) is 1. The van der Waals surface area contributed by atoms with Gasteiger partial charge < -0.3 is 10.1 Å². The lowest BCUT2D eigenvalue weighted by atomic mass is 10.1. The first-order valence-corrected chi connectivity index (χ1v) is 7.14. The Morgan fingerprint density at radius 2 is 2.17 bits per heavy atom. The largest absolute Gasteiger partial charge is 0.380 e. The van der Waals surface area contributed by atoms with E-state index in [2.05, 4.69) is 34.6 Å². The Morgan fingerprint density at radius 1 is 1.28 bits per heavy atom. The first-order valence-electron chi connectivity index (χ1n) is 6.26. The number of hydrogen-bond acceptors (Lipinski definition) is 4. The Kier molecular flexibility index (Phi) is 3.57. The van der Waals surface area contributed by atoms with Crippen LogP contribution in [0.5, 0.6) is 0 Å². The molecule has 18 heavy (non-hydrogen) atoms. The lowest BCUT2D eigenvalue weighted by Gasteiger charge is -2.24. The fourth-order valence-electron chi connectivity index (χ4n) is 2.17. The molecule has 0 amide bonds. The van der Waals surface area contributed by atoms with Crippen LogP contribution in [0.4, 0.5) is 5.69 Å². The van der Waals surface area contributed by atoms with Crippen molar-refractivity contribution in [3.8, 4) is 10.6 Å². The maximum Gasteiger partial charge on any atom is 0.123 e. The topological polar surface area (TPSA) is 34.1 Å². The van der Waals surface area contributed by atoms with Crippen LogP contribution in [0, 0.1) is 0 Å². The number of anilines is 1. The average molecular weight is 260 g/mol. The molecular weight excluding hydrogens is 244 g/mol. The zero-order chi connectivity index (χ0) is 12.2. The summed E-state index contributed by atoms with van der Waals surface area (Å²) in [4.78, 5) is 4.31. The molecule has 3 nitrogen and oxygen atoms in total. The van der Waals surface area contributed by atoms with Crippen molar-refractivity contribution in [2.24, 2.45) is 0 Å². The van der Waals surface area contributed by atoms with E-state index in [9.17, 15) is 0 Å². The minimum absolute atomic E-state index is 0.449. The van der Waals surface area contributed by atoms with Gasteiger partial charge in [0.25, 0.3) is 0 Å². The fraction of sp³-hybridized carbons (Fsp3) is 0.357. The quantitative estimate of drug-likeness (QED) is 0.918. The third kappa shape index (κ3) is 2.71.